The molecule has 25 heavy (non-hydrogen) atoms. The maximum absolute atomic E-state index is 4.71. The second-order valence-corrected chi connectivity index (χ2v) is 7.15. The van der Waals surface area contributed by atoms with E-state index in [1.165, 1.54) is 12.8 Å². The molecule has 1 saturated carbocycles. The van der Waals surface area contributed by atoms with Gasteiger partial charge in [0.05, 0.1) is 17.6 Å². The Morgan fingerprint density at radius 3 is 2.64 bits per heavy atom. The molecule has 0 unspecified atom stereocenters. The summed E-state index contributed by atoms with van der Waals surface area (Å²) < 4.78 is 2.20. The van der Waals surface area contributed by atoms with E-state index in [1.54, 1.807) is 0 Å². The minimum atomic E-state index is 0.649. The van der Waals surface area contributed by atoms with Crippen LogP contribution in [0.4, 0.5) is 5.95 Å². The molecule has 0 atom stereocenters. The Kier molecular flexibility index (Phi) is 3.48. The van der Waals surface area contributed by atoms with Crippen LogP contribution in [0.1, 0.15) is 30.4 Å². The molecule has 2 aromatic heterocycles. The Labute approximate surface area is 146 Å². The molecule has 0 radical (unpaired) electrons. The number of nitrogens with one attached hydrogen (secondary N) is 1. The third-order valence-corrected chi connectivity index (χ3v) is 5.35. The van der Waals surface area contributed by atoms with E-state index in [2.05, 4.69) is 48.7 Å². The lowest BCUT2D eigenvalue weighted by molar-refractivity contribution is 0.240. The van der Waals surface area contributed by atoms with Crippen LogP contribution in [0.3, 0.4) is 0 Å². The number of rotatable bonds is 4. The van der Waals surface area contributed by atoms with Crippen LogP contribution >= 0.6 is 0 Å². The fraction of sp³-hybridized carbons (Fsp3) is 0.500. The summed E-state index contributed by atoms with van der Waals surface area (Å²) in [5.74, 6) is 3.88. The Morgan fingerprint density at radius 2 is 1.88 bits per heavy atom. The molecule has 0 amide bonds. The quantitative estimate of drug-likeness (QED) is 0.787. The molecular formula is C18H23N7. The fourth-order valence-corrected chi connectivity index (χ4v) is 3.62. The second-order valence-electron chi connectivity index (χ2n) is 7.15. The first kappa shape index (κ1) is 14.9. The van der Waals surface area contributed by atoms with Crippen molar-refractivity contribution in [3.8, 4) is 0 Å². The summed E-state index contributed by atoms with van der Waals surface area (Å²) in [5, 5.41) is 8.81. The number of aromatic amines is 1. The lowest BCUT2D eigenvalue weighted by Gasteiger charge is -2.34. The van der Waals surface area contributed by atoms with E-state index in [4.69, 9.17) is 4.98 Å². The third-order valence-electron chi connectivity index (χ3n) is 5.35. The number of imidazole rings is 1. The number of hydrogen-bond acceptors (Lipinski definition) is 5. The number of H-pyrrole nitrogens is 1. The van der Waals surface area contributed by atoms with Crippen LogP contribution in [0.2, 0.25) is 0 Å². The smallest absolute Gasteiger partial charge is 0.203 e. The average molecular weight is 337 g/mol. The van der Waals surface area contributed by atoms with Crippen molar-refractivity contribution in [2.24, 2.45) is 7.05 Å². The van der Waals surface area contributed by atoms with E-state index in [0.717, 1.165) is 61.4 Å². The summed E-state index contributed by atoms with van der Waals surface area (Å²) in [6.07, 6.45) is 2.53. The van der Waals surface area contributed by atoms with E-state index in [-0.39, 0.29) is 0 Å². The maximum atomic E-state index is 4.71. The van der Waals surface area contributed by atoms with E-state index in [0.29, 0.717) is 5.92 Å². The molecule has 1 aromatic carbocycles. The van der Waals surface area contributed by atoms with Gasteiger partial charge in [-0.25, -0.2) is 4.98 Å². The van der Waals surface area contributed by atoms with Crippen molar-refractivity contribution in [3.05, 3.63) is 35.9 Å². The zero-order valence-electron chi connectivity index (χ0n) is 14.5. The second kappa shape index (κ2) is 5.84. The van der Waals surface area contributed by atoms with Crippen LogP contribution in [-0.2, 0) is 13.6 Å². The Balaban J connectivity index is 1.23. The van der Waals surface area contributed by atoms with Gasteiger partial charge in [0.1, 0.15) is 11.6 Å². The molecule has 1 N–H and O–H groups in total. The van der Waals surface area contributed by atoms with E-state index < -0.39 is 0 Å². The Morgan fingerprint density at radius 1 is 1.08 bits per heavy atom. The molecule has 5 rings (SSSR count). The molecule has 1 saturated heterocycles. The van der Waals surface area contributed by atoms with Gasteiger partial charge in [-0.2, -0.15) is 0 Å². The molecule has 0 spiro atoms. The van der Waals surface area contributed by atoms with Crippen LogP contribution in [-0.4, -0.2) is 55.8 Å². The van der Waals surface area contributed by atoms with Crippen molar-refractivity contribution < 1.29 is 0 Å². The summed E-state index contributed by atoms with van der Waals surface area (Å²) >= 11 is 0. The topological polar surface area (TPSA) is 65.9 Å². The van der Waals surface area contributed by atoms with Crippen molar-refractivity contribution in [1.82, 2.24) is 29.6 Å². The van der Waals surface area contributed by atoms with Gasteiger partial charge in [-0.3, -0.25) is 4.90 Å². The molecule has 3 heterocycles. The van der Waals surface area contributed by atoms with E-state index >= 15 is 0 Å². The highest BCUT2D eigenvalue weighted by atomic mass is 15.3. The van der Waals surface area contributed by atoms with Crippen molar-refractivity contribution in [2.45, 2.75) is 25.3 Å². The van der Waals surface area contributed by atoms with Crippen LogP contribution in [0.25, 0.3) is 11.0 Å². The minimum Gasteiger partial charge on any atom is -0.340 e. The van der Waals surface area contributed by atoms with Crippen molar-refractivity contribution in [2.75, 3.05) is 31.1 Å². The van der Waals surface area contributed by atoms with Gasteiger partial charge < -0.3 is 14.5 Å². The molecule has 2 fully saturated rings. The average Bonchev–Trinajstić information content (AvgIpc) is 3.28. The van der Waals surface area contributed by atoms with Gasteiger partial charge in [-0.05, 0) is 25.0 Å². The summed E-state index contributed by atoms with van der Waals surface area (Å²) in [6.45, 7) is 4.87. The molecule has 1 aliphatic carbocycles. The first-order valence-electron chi connectivity index (χ1n) is 9.08. The van der Waals surface area contributed by atoms with Gasteiger partial charge in [0.25, 0.3) is 0 Å². The lowest BCUT2D eigenvalue weighted by Crippen LogP contribution is -2.46. The number of nitrogens with zero attached hydrogens (tertiary/aromatic N) is 6. The molecule has 130 valence electrons. The summed E-state index contributed by atoms with van der Waals surface area (Å²) in [6, 6.07) is 8.20. The van der Waals surface area contributed by atoms with E-state index in [1.807, 2.05) is 12.1 Å². The fourth-order valence-electron chi connectivity index (χ4n) is 3.62. The number of aromatic nitrogens is 5. The van der Waals surface area contributed by atoms with Gasteiger partial charge in [0, 0.05) is 39.1 Å². The number of benzene rings is 1. The summed E-state index contributed by atoms with van der Waals surface area (Å²) in [4.78, 5) is 12.9. The van der Waals surface area contributed by atoms with Crippen LogP contribution in [0, 0.1) is 0 Å². The standard InChI is InChI=1S/C18H23N7/c1-23-16(21-22-17(23)13-6-7-13)12-24-8-10-25(11-9-24)18-19-14-4-2-3-5-15(14)20-18/h2-5,13H,6-12H2,1H3,(H,19,20). The molecular weight excluding hydrogens is 314 g/mol. The number of hydrogen-bond donors (Lipinski definition) is 1. The van der Waals surface area contributed by atoms with Gasteiger partial charge in [-0.15, -0.1) is 10.2 Å². The van der Waals surface area contributed by atoms with Gasteiger partial charge in [0.2, 0.25) is 5.95 Å². The zero-order valence-corrected chi connectivity index (χ0v) is 14.5. The Bertz CT molecular complexity index is 851. The lowest BCUT2D eigenvalue weighted by atomic mass is 10.3. The molecule has 7 nitrogen and oxygen atoms in total. The van der Waals surface area contributed by atoms with E-state index in [9.17, 15) is 0 Å². The van der Waals surface area contributed by atoms with Crippen LogP contribution in [0.5, 0.6) is 0 Å². The monoisotopic (exact) mass is 337 g/mol. The molecule has 0 bridgehead atoms. The molecule has 1 aliphatic heterocycles. The highest BCUT2D eigenvalue weighted by Gasteiger charge is 2.29. The number of piperazine rings is 1. The maximum Gasteiger partial charge on any atom is 0.203 e. The SMILES string of the molecule is Cn1c(CN2CCN(c3nc4ccccc4[nH]3)CC2)nnc1C1CC1. The molecule has 2 aliphatic rings. The predicted molar refractivity (Wildman–Crippen MR) is 96.6 cm³/mol. The van der Waals surface area contributed by atoms with Crippen molar-refractivity contribution >= 4 is 17.0 Å². The highest BCUT2D eigenvalue weighted by Crippen LogP contribution is 2.38. The van der Waals surface area contributed by atoms with Gasteiger partial charge in [0.15, 0.2) is 0 Å². The van der Waals surface area contributed by atoms with Gasteiger partial charge in [-0.1, -0.05) is 12.1 Å². The molecule has 7 heteroatoms. The third kappa shape index (κ3) is 2.78. The van der Waals surface area contributed by atoms with Crippen LogP contribution in [0.15, 0.2) is 24.3 Å². The Hall–Kier alpha value is -2.41. The number of anilines is 1. The van der Waals surface area contributed by atoms with Crippen molar-refractivity contribution in [1.29, 1.82) is 0 Å². The number of fused-ring (bicyclic) bond motifs is 1. The predicted octanol–water partition coefficient (Wildman–Crippen LogP) is 1.89. The molecule has 3 aromatic rings. The van der Waals surface area contributed by atoms with Crippen LogP contribution < -0.4 is 4.90 Å². The normalized spacial score (nSPS) is 19.0. The largest absolute Gasteiger partial charge is 0.340 e. The van der Waals surface area contributed by atoms with Crippen molar-refractivity contribution in [3.63, 3.8) is 0 Å². The summed E-state index contributed by atoms with van der Waals surface area (Å²) in [5.41, 5.74) is 2.14. The first-order valence-corrected chi connectivity index (χ1v) is 9.08. The number of para-hydroxylation sites is 2. The zero-order chi connectivity index (χ0) is 16.8. The minimum absolute atomic E-state index is 0.649. The van der Waals surface area contributed by atoms with Gasteiger partial charge >= 0.3 is 0 Å². The first-order chi connectivity index (χ1) is 12.3. The highest BCUT2D eigenvalue weighted by molar-refractivity contribution is 5.77. The summed E-state index contributed by atoms with van der Waals surface area (Å²) in [7, 11) is 2.10.